The first-order valence-corrected chi connectivity index (χ1v) is 17.2. The Balaban J connectivity index is 1.35. The molecule has 4 rings (SSSR count). The molecular formula is C29H34F2N4O8S2. The van der Waals surface area contributed by atoms with Gasteiger partial charge in [0.05, 0.1) is 22.9 Å². The van der Waals surface area contributed by atoms with Gasteiger partial charge in [0.2, 0.25) is 20.0 Å². The minimum absolute atomic E-state index is 0.0312. The topological polar surface area (TPSA) is 177 Å². The molecule has 5 N–H and O–H groups in total. The van der Waals surface area contributed by atoms with E-state index in [1.807, 2.05) is 4.90 Å². The predicted octanol–water partition coefficient (Wildman–Crippen LogP) is 2.61. The lowest BCUT2D eigenvalue weighted by atomic mass is 10.0. The third-order valence-corrected chi connectivity index (χ3v) is 9.70. The number of rotatable bonds is 13. The van der Waals surface area contributed by atoms with Crippen molar-refractivity contribution in [2.45, 2.75) is 36.4 Å². The smallest absolute Gasteiger partial charge is 0.318 e. The number of phenolic OH excluding ortho intramolecular Hbond substituents is 1. The van der Waals surface area contributed by atoms with Crippen LogP contribution in [-0.2, 0) is 31.4 Å². The SMILES string of the molecule is CS(=O)(=O)Nc1cc([C@@H](O)CNC2CCN(c3ccc(S(=O)(=O)N(CC(=O)O)Cc4cc(F)ccc4F)cc3)CC2)ccc1O. The molecule has 244 valence electrons. The summed E-state index contributed by atoms with van der Waals surface area (Å²) in [5.41, 5.74) is 0.832. The summed E-state index contributed by atoms with van der Waals surface area (Å²) in [7, 11) is -7.99. The highest BCUT2D eigenvalue weighted by atomic mass is 32.2. The molecule has 0 saturated carbocycles. The highest BCUT2D eigenvalue weighted by Crippen LogP contribution is 2.29. The van der Waals surface area contributed by atoms with Gasteiger partial charge >= 0.3 is 5.97 Å². The molecule has 0 radical (unpaired) electrons. The molecule has 0 spiro atoms. The molecule has 16 heteroatoms. The van der Waals surface area contributed by atoms with Crippen LogP contribution in [0.2, 0.25) is 0 Å². The normalized spacial score (nSPS) is 15.3. The maximum absolute atomic E-state index is 14.2. The molecule has 1 saturated heterocycles. The molecule has 1 atom stereocenters. The van der Waals surface area contributed by atoms with Gasteiger partial charge in [0, 0.05) is 43.5 Å². The third-order valence-electron chi connectivity index (χ3n) is 7.30. The van der Waals surface area contributed by atoms with Gasteiger partial charge < -0.3 is 25.5 Å². The molecule has 0 aromatic heterocycles. The van der Waals surface area contributed by atoms with E-state index in [9.17, 15) is 45.7 Å². The molecule has 1 aliphatic rings. The number of benzene rings is 3. The highest BCUT2D eigenvalue weighted by molar-refractivity contribution is 7.92. The first-order chi connectivity index (χ1) is 21.1. The summed E-state index contributed by atoms with van der Waals surface area (Å²) in [5.74, 6) is -3.36. The van der Waals surface area contributed by atoms with Crippen molar-refractivity contribution in [3.63, 3.8) is 0 Å². The second-order valence-electron chi connectivity index (χ2n) is 10.7. The Kier molecular flexibility index (Phi) is 10.7. The number of hydrogen-bond donors (Lipinski definition) is 5. The molecule has 0 bridgehead atoms. The van der Waals surface area contributed by atoms with Crippen LogP contribution in [0.1, 0.15) is 30.1 Å². The number of aliphatic hydroxyl groups excluding tert-OH is 1. The van der Waals surface area contributed by atoms with E-state index >= 15 is 0 Å². The van der Waals surface area contributed by atoms with Gasteiger partial charge in [-0.15, -0.1) is 0 Å². The maximum atomic E-state index is 14.2. The average Bonchev–Trinajstić information content (AvgIpc) is 2.98. The molecule has 3 aromatic rings. The fraction of sp³-hybridized carbons (Fsp3) is 0.345. The predicted molar refractivity (Wildman–Crippen MR) is 163 cm³/mol. The number of carboxylic acid groups (broad SMARTS) is 1. The Morgan fingerprint density at radius 1 is 1.02 bits per heavy atom. The van der Waals surface area contributed by atoms with Crippen LogP contribution in [0, 0.1) is 11.6 Å². The number of piperidine rings is 1. The van der Waals surface area contributed by atoms with Gasteiger partial charge in [0.15, 0.2) is 0 Å². The summed E-state index contributed by atoms with van der Waals surface area (Å²) in [6, 6.07) is 12.7. The Hall–Kier alpha value is -3.83. The van der Waals surface area contributed by atoms with E-state index < -0.39 is 56.8 Å². The van der Waals surface area contributed by atoms with Crippen LogP contribution in [0.15, 0.2) is 65.6 Å². The average molecular weight is 669 g/mol. The first kappa shape index (κ1) is 34.1. The molecule has 0 aliphatic carbocycles. The van der Waals surface area contributed by atoms with Crippen molar-refractivity contribution in [1.29, 1.82) is 0 Å². The molecule has 12 nitrogen and oxygen atoms in total. The Morgan fingerprint density at radius 2 is 1.69 bits per heavy atom. The fourth-order valence-electron chi connectivity index (χ4n) is 4.99. The number of nitrogens with zero attached hydrogens (tertiary/aromatic N) is 2. The number of aliphatic hydroxyl groups is 1. The van der Waals surface area contributed by atoms with Gasteiger partial charge in [-0.1, -0.05) is 6.07 Å². The van der Waals surface area contributed by atoms with Gasteiger partial charge in [-0.25, -0.2) is 25.6 Å². The van der Waals surface area contributed by atoms with Gasteiger partial charge in [0.25, 0.3) is 0 Å². The summed E-state index contributed by atoms with van der Waals surface area (Å²) in [6.45, 7) is -0.190. The van der Waals surface area contributed by atoms with Crippen molar-refractivity contribution in [3.05, 3.63) is 83.4 Å². The van der Waals surface area contributed by atoms with Crippen LogP contribution in [0.5, 0.6) is 5.75 Å². The van der Waals surface area contributed by atoms with Gasteiger partial charge in [0.1, 0.15) is 23.9 Å². The lowest BCUT2D eigenvalue weighted by Crippen LogP contribution is -2.43. The number of phenols is 1. The highest BCUT2D eigenvalue weighted by Gasteiger charge is 2.28. The quantitative estimate of drug-likeness (QED) is 0.170. The molecule has 1 aliphatic heterocycles. The number of anilines is 2. The van der Waals surface area contributed by atoms with Gasteiger partial charge in [-0.05, 0) is 73.0 Å². The van der Waals surface area contributed by atoms with E-state index in [-0.39, 0.29) is 34.5 Å². The van der Waals surface area contributed by atoms with E-state index in [4.69, 9.17) is 0 Å². The van der Waals surface area contributed by atoms with Crippen LogP contribution in [-0.4, -0.2) is 80.9 Å². The second-order valence-corrected chi connectivity index (χ2v) is 14.4. The largest absolute Gasteiger partial charge is 0.506 e. The molecule has 1 heterocycles. The van der Waals surface area contributed by atoms with Crippen molar-refractivity contribution in [2.24, 2.45) is 0 Å². The number of sulfonamides is 2. The summed E-state index contributed by atoms with van der Waals surface area (Å²) >= 11 is 0. The van der Waals surface area contributed by atoms with Crippen LogP contribution in [0.3, 0.4) is 0 Å². The number of hydrogen-bond acceptors (Lipinski definition) is 9. The summed E-state index contributed by atoms with van der Waals surface area (Å²) in [5, 5.41) is 33.1. The first-order valence-electron chi connectivity index (χ1n) is 13.9. The number of halogens is 2. The second kappa shape index (κ2) is 14.1. The maximum Gasteiger partial charge on any atom is 0.318 e. The lowest BCUT2D eigenvalue weighted by Gasteiger charge is -2.34. The summed E-state index contributed by atoms with van der Waals surface area (Å²) < 4.78 is 80.3. The standard InChI is InChI=1S/C29H34F2N4O8S2/c1-44(40,41)33-26-15-19(2-9-27(26)36)28(37)16-32-22-10-12-34(13-11-22)23-4-6-24(7-5-23)45(42,43)35(18-29(38)39)17-20-14-21(30)3-8-25(20)31/h2-9,14-15,22,28,32-33,36-37H,10-13,16-18H2,1H3,(H,38,39)/t28-/m0/s1. The van der Waals surface area contributed by atoms with Crippen LogP contribution < -0.4 is 14.9 Å². The molecule has 3 aromatic carbocycles. The third kappa shape index (κ3) is 9.11. The molecule has 45 heavy (non-hydrogen) atoms. The lowest BCUT2D eigenvalue weighted by molar-refractivity contribution is -0.137. The van der Waals surface area contributed by atoms with Crippen molar-refractivity contribution >= 4 is 37.4 Å². The van der Waals surface area contributed by atoms with E-state index in [0.717, 1.165) is 30.1 Å². The van der Waals surface area contributed by atoms with Gasteiger partial charge in [-0.3, -0.25) is 9.52 Å². The van der Waals surface area contributed by atoms with Crippen molar-refractivity contribution in [2.75, 3.05) is 42.1 Å². The Labute approximate surface area is 260 Å². The van der Waals surface area contributed by atoms with Crippen molar-refractivity contribution in [3.8, 4) is 5.75 Å². The Bertz CT molecular complexity index is 1730. The zero-order chi connectivity index (χ0) is 32.9. The van der Waals surface area contributed by atoms with E-state index in [1.165, 1.54) is 30.3 Å². The van der Waals surface area contributed by atoms with E-state index in [1.54, 1.807) is 12.1 Å². The zero-order valence-electron chi connectivity index (χ0n) is 24.2. The summed E-state index contributed by atoms with van der Waals surface area (Å²) in [6.07, 6.45) is 1.40. The van der Waals surface area contributed by atoms with Crippen LogP contribution >= 0.6 is 0 Å². The minimum atomic E-state index is -4.37. The summed E-state index contributed by atoms with van der Waals surface area (Å²) in [4.78, 5) is 13.3. The Morgan fingerprint density at radius 3 is 2.31 bits per heavy atom. The van der Waals surface area contributed by atoms with Gasteiger partial charge in [-0.2, -0.15) is 4.31 Å². The number of carbonyl (C=O) groups is 1. The van der Waals surface area contributed by atoms with Crippen molar-refractivity contribution in [1.82, 2.24) is 9.62 Å². The zero-order valence-corrected chi connectivity index (χ0v) is 25.9. The number of aromatic hydroxyl groups is 1. The van der Waals surface area contributed by atoms with Crippen LogP contribution in [0.4, 0.5) is 20.2 Å². The fourth-order valence-corrected chi connectivity index (χ4v) is 6.92. The van der Waals surface area contributed by atoms with Crippen LogP contribution in [0.25, 0.3) is 0 Å². The number of carboxylic acids is 1. The molecule has 1 fully saturated rings. The minimum Gasteiger partial charge on any atom is -0.506 e. The molecule has 0 amide bonds. The molecule has 0 unspecified atom stereocenters. The monoisotopic (exact) mass is 668 g/mol. The molecular weight excluding hydrogens is 634 g/mol. The number of aliphatic carboxylic acids is 1. The van der Waals surface area contributed by atoms with E-state index in [0.29, 0.717) is 35.8 Å². The van der Waals surface area contributed by atoms with Crippen molar-refractivity contribution < 1.29 is 45.7 Å². The number of nitrogens with one attached hydrogen (secondary N) is 2. The van der Waals surface area contributed by atoms with E-state index in [2.05, 4.69) is 10.0 Å².